The van der Waals surface area contributed by atoms with Crippen LogP contribution in [0, 0.1) is 5.92 Å². The molecular formula is C15H16O3. The molecular weight excluding hydrogens is 228 g/mol. The van der Waals surface area contributed by atoms with E-state index < -0.39 is 5.97 Å². The maximum atomic E-state index is 11.2. The number of rotatable bonds is 4. The molecule has 0 radical (unpaired) electrons. The number of hydrogen-bond acceptors (Lipinski definition) is 2. The Bertz CT molecular complexity index is 573. The SMILES string of the molecule is CC(C)COc1c(C(=O)O)ccc2ccccc12. The average molecular weight is 244 g/mol. The highest BCUT2D eigenvalue weighted by Crippen LogP contribution is 2.30. The zero-order valence-electron chi connectivity index (χ0n) is 10.5. The average Bonchev–Trinajstić information content (AvgIpc) is 2.35. The van der Waals surface area contributed by atoms with E-state index in [0.29, 0.717) is 18.3 Å². The Balaban J connectivity index is 2.55. The van der Waals surface area contributed by atoms with Crippen LogP contribution in [0.1, 0.15) is 24.2 Å². The molecule has 0 aliphatic carbocycles. The minimum atomic E-state index is -0.959. The third kappa shape index (κ3) is 2.45. The van der Waals surface area contributed by atoms with Gasteiger partial charge in [-0.15, -0.1) is 0 Å². The van der Waals surface area contributed by atoms with Crippen molar-refractivity contribution in [2.75, 3.05) is 6.61 Å². The lowest BCUT2D eigenvalue weighted by Gasteiger charge is -2.13. The van der Waals surface area contributed by atoms with Crippen LogP contribution in [0.5, 0.6) is 5.75 Å². The Morgan fingerprint density at radius 1 is 1.22 bits per heavy atom. The molecule has 0 fully saturated rings. The molecule has 1 N–H and O–H groups in total. The lowest BCUT2D eigenvalue weighted by molar-refractivity contribution is 0.0692. The van der Waals surface area contributed by atoms with Gasteiger partial charge >= 0.3 is 5.97 Å². The molecule has 0 atom stereocenters. The van der Waals surface area contributed by atoms with Crippen LogP contribution in [0.15, 0.2) is 36.4 Å². The van der Waals surface area contributed by atoms with E-state index in [4.69, 9.17) is 4.74 Å². The smallest absolute Gasteiger partial charge is 0.339 e. The highest BCUT2D eigenvalue weighted by Gasteiger charge is 2.14. The second-order valence-electron chi connectivity index (χ2n) is 4.67. The molecule has 0 unspecified atom stereocenters. The predicted octanol–water partition coefficient (Wildman–Crippen LogP) is 3.57. The van der Waals surface area contributed by atoms with Crippen molar-refractivity contribution < 1.29 is 14.6 Å². The van der Waals surface area contributed by atoms with Gasteiger partial charge in [0.15, 0.2) is 0 Å². The molecule has 94 valence electrons. The standard InChI is InChI=1S/C15H16O3/c1-10(2)9-18-14-12-6-4-3-5-11(12)7-8-13(14)15(16)17/h3-8,10H,9H2,1-2H3,(H,16,17). The molecule has 0 saturated carbocycles. The van der Waals surface area contributed by atoms with Crippen LogP contribution in [0.3, 0.4) is 0 Å². The quantitative estimate of drug-likeness (QED) is 0.894. The number of carboxylic acids is 1. The van der Waals surface area contributed by atoms with Crippen molar-refractivity contribution in [3.05, 3.63) is 42.0 Å². The van der Waals surface area contributed by atoms with Crippen molar-refractivity contribution in [2.24, 2.45) is 5.92 Å². The summed E-state index contributed by atoms with van der Waals surface area (Å²) in [6, 6.07) is 11.0. The zero-order valence-corrected chi connectivity index (χ0v) is 10.5. The van der Waals surface area contributed by atoms with E-state index in [1.807, 2.05) is 38.1 Å². The van der Waals surface area contributed by atoms with E-state index in [1.54, 1.807) is 12.1 Å². The Hall–Kier alpha value is -2.03. The van der Waals surface area contributed by atoms with Gasteiger partial charge in [0.2, 0.25) is 0 Å². The monoisotopic (exact) mass is 244 g/mol. The molecule has 0 amide bonds. The summed E-state index contributed by atoms with van der Waals surface area (Å²) in [6.07, 6.45) is 0. The molecule has 0 aliphatic heterocycles. The number of benzene rings is 2. The van der Waals surface area contributed by atoms with E-state index in [1.165, 1.54) is 0 Å². The Kier molecular flexibility index (Phi) is 3.51. The lowest BCUT2D eigenvalue weighted by atomic mass is 10.1. The Morgan fingerprint density at radius 2 is 1.94 bits per heavy atom. The Labute approximate surface area is 106 Å². The van der Waals surface area contributed by atoms with Crippen LogP contribution in [-0.2, 0) is 0 Å². The van der Waals surface area contributed by atoms with Gasteiger partial charge in [-0.1, -0.05) is 44.2 Å². The molecule has 0 aliphatic rings. The molecule has 18 heavy (non-hydrogen) atoms. The van der Waals surface area contributed by atoms with Gasteiger partial charge in [0.25, 0.3) is 0 Å². The summed E-state index contributed by atoms with van der Waals surface area (Å²) >= 11 is 0. The fourth-order valence-electron chi connectivity index (χ4n) is 1.82. The fourth-order valence-corrected chi connectivity index (χ4v) is 1.82. The van der Waals surface area contributed by atoms with Gasteiger partial charge in [0, 0.05) is 5.39 Å². The van der Waals surface area contributed by atoms with Crippen LogP contribution in [-0.4, -0.2) is 17.7 Å². The second-order valence-corrected chi connectivity index (χ2v) is 4.67. The van der Waals surface area contributed by atoms with Gasteiger partial charge in [-0.05, 0) is 17.4 Å². The molecule has 0 saturated heterocycles. The van der Waals surface area contributed by atoms with Gasteiger partial charge in [-0.25, -0.2) is 4.79 Å². The third-order valence-corrected chi connectivity index (χ3v) is 2.67. The first-order valence-corrected chi connectivity index (χ1v) is 5.97. The Morgan fingerprint density at radius 3 is 2.61 bits per heavy atom. The first-order chi connectivity index (χ1) is 8.59. The summed E-state index contributed by atoms with van der Waals surface area (Å²) < 4.78 is 5.69. The highest BCUT2D eigenvalue weighted by molar-refractivity contribution is 6.00. The number of fused-ring (bicyclic) bond motifs is 1. The van der Waals surface area contributed by atoms with Gasteiger partial charge in [0.05, 0.1) is 6.61 Å². The molecule has 0 spiro atoms. The van der Waals surface area contributed by atoms with E-state index in [9.17, 15) is 9.90 Å². The number of aromatic carboxylic acids is 1. The number of carboxylic acid groups (broad SMARTS) is 1. The largest absolute Gasteiger partial charge is 0.492 e. The first kappa shape index (κ1) is 12.4. The fraction of sp³-hybridized carbons (Fsp3) is 0.267. The van der Waals surface area contributed by atoms with Crippen LogP contribution in [0.4, 0.5) is 0 Å². The minimum absolute atomic E-state index is 0.217. The summed E-state index contributed by atoms with van der Waals surface area (Å²) in [5.74, 6) is -0.139. The van der Waals surface area contributed by atoms with E-state index >= 15 is 0 Å². The summed E-state index contributed by atoms with van der Waals surface area (Å²) in [7, 11) is 0. The number of hydrogen-bond donors (Lipinski definition) is 1. The molecule has 2 rings (SSSR count). The maximum absolute atomic E-state index is 11.2. The van der Waals surface area contributed by atoms with Gasteiger partial charge in [-0.3, -0.25) is 0 Å². The third-order valence-electron chi connectivity index (χ3n) is 2.67. The molecule has 0 bridgehead atoms. The van der Waals surface area contributed by atoms with Crippen molar-refractivity contribution in [3.63, 3.8) is 0 Å². The molecule has 0 aromatic heterocycles. The number of ether oxygens (including phenoxy) is 1. The lowest BCUT2D eigenvalue weighted by Crippen LogP contribution is -2.09. The topological polar surface area (TPSA) is 46.5 Å². The van der Waals surface area contributed by atoms with Gasteiger partial charge < -0.3 is 9.84 Å². The molecule has 2 aromatic rings. The summed E-state index contributed by atoms with van der Waals surface area (Å²) in [4.78, 5) is 11.2. The summed E-state index contributed by atoms with van der Waals surface area (Å²) in [6.45, 7) is 4.57. The zero-order chi connectivity index (χ0) is 13.1. The molecule has 2 aromatic carbocycles. The van der Waals surface area contributed by atoms with Crippen molar-refractivity contribution in [1.82, 2.24) is 0 Å². The van der Waals surface area contributed by atoms with Crippen LogP contribution >= 0.6 is 0 Å². The number of carbonyl (C=O) groups is 1. The predicted molar refractivity (Wildman–Crippen MR) is 71.2 cm³/mol. The summed E-state index contributed by atoms with van der Waals surface area (Å²) in [5.41, 5.74) is 0.217. The van der Waals surface area contributed by atoms with Crippen LogP contribution in [0.25, 0.3) is 10.8 Å². The molecule has 3 nitrogen and oxygen atoms in total. The summed E-state index contributed by atoms with van der Waals surface area (Å²) in [5, 5.41) is 11.0. The normalized spacial score (nSPS) is 10.8. The van der Waals surface area contributed by atoms with E-state index in [2.05, 4.69) is 0 Å². The molecule has 3 heteroatoms. The maximum Gasteiger partial charge on any atom is 0.339 e. The van der Waals surface area contributed by atoms with Gasteiger partial charge in [-0.2, -0.15) is 0 Å². The van der Waals surface area contributed by atoms with Crippen LogP contribution < -0.4 is 4.74 Å². The minimum Gasteiger partial charge on any atom is -0.492 e. The van der Waals surface area contributed by atoms with E-state index in [-0.39, 0.29) is 5.56 Å². The van der Waals surface area contributed by atoms with Crippen molar-refractivity contribution in [3.8, 4) is 5.75 Å². The van der Waals surface area contributed by atoms with E-state index in [0.717, 1.165) is 10.8 Å². The van der Waals surface area contributed by atoms with Crippen LogP contribution in [0.2, 0.25) is 0 Å². The van der Waals surface area contributed by atoms with Crippen molar-refractivity contribution in [1.29, 1.82) is 0 Å². The second kappa shape index (κ2) is 5.08. The van der Waals surface area contributed by atoms with Crippen molar-refractivity contribution >= 4 is 16.7 Å². The highest BCUT2D eigenvalue weighted by atomic mass is 16.5. The molecule has 0 heterocycles. The van der Waals surface area contributed by atoms with Gasteiger partial charge in [0.1, 0.15) is 11.3 Å². The first-order valence-electron chi connectivity index (χ1n) is 5.97. The van der Waals surface area contributed by atoms with Crippen molar-refractivity contribution in [2.45, 2.75) is 13.8 Å².